The Morgan fingerprint density at radius 3 is 2.52 bits per heavy atom. The van der Waals surface area contributed by atoms with E-state index in [4.69, 9.17) is 16.6 Å². The minimum Gasteiger partial charge on any atom is -0.356 e. The number of likely N-dealkylation sites (tertiary alicyclic amines) is 1. The van der Waals surface area contributed by atoms with Crippen molar-refractivity contribution in [3.05, 3.63) is 17.0 Å². The van der Waals surface area contributed by atoms with Crippen LogP contribution in [0.5, 0.6) is 0 Å². The number of rotatable bonds is 3. The van der Waals surface area contributed by atoms with Gasteiger partial charge in [0.25, 0.3) is 0 Å². The number of hydrogen-bond donors (Lipinski definition) is 0. The number of carbonyl (C=O) groups excluding carboxylic acids is 1. The lowest BCUT2D eigenvalue weighted by atomic mass is 9.99. The smallest absolute Gasteiger partial charge is 0.222 e. The van der Waals surface area contributed by atoms with Crippen molar-refractivity contribution in [1.82, 2.24) is 14.9 Å². The van der Waals surface area contributed by atoms with Crippen LogP contribution in [0.15, 0.2) is 6.07 Å². The third-order valence-corrected chi connectivity index (χ3v) is 5.42. The average Bonchev–Trinajstić information content (AvgIpc) is 3.40. The number of halogens is 1. The van der Waals surface area contributed by atoms with Crippen molar-refractivity contribution in [2.45, 2.75) is 56.9 Å². The molecule has 23 heavy (non-hydrogen) atoms. The van der Waals surface area contributed by atoms with Crippen molar-refractivity contribution in [3.8, 4) is 0 Å². The van der Waals surface area contributed by atoms with Gasteiger partial charge < -0.3 is 9.80 Å². The van der Waals surface area contributed by atoms with E-state index in [9.17, 15) is 4.79 Å². The number of aromatic nitrogens is 2. The summed E-state index contributed by atoms with van der Waals surface area (Å²) in [6, 6.07) is 2.28. The number of carbonyl (C=O) groups is 1. The first-order chi connectivity index (χ1) is 11.2. The van der Waals surface area contributed by atoms with E-state index in [2.05, 4.69) is 14.8 Å². The quantitative estimate of drug-likeness (QED) is 0.797. The first kappa shape index (κ1) is 15.2. The molecule has 5 nitrogen and oxygen atoms in total. The SMILES string of the molecule is O=C1CCCCN1C1CCN(c2cc(Cl)nc(C3CC3)n2)CC1. The van der Waals surface area contributed by atoms with E-state index < -0.39 is 0 Å². The molecule has 0 atom stereocenters. The Balaban J connectivity index is 1.42. The zero-order valence-corrected chi connectivity index (χ0v) is 14.1. The summed E-state index contributed by atoms with van der Waals surface area (Å²) in [6.45, 7) is 2.81. The summed E-state index contributed by atoms with van der Waals surface area (Å²) in [5.74, 6) is 2.71. The first-order valence-corrected chi connectivity index (χ1v) is 9.17. The van der Waals surface area contributed by atoms with Gasteiger partial charge in [0.2, 0.25) is 5.91 Å². The zero-order chi connectivity index (χ0) is 15.8. The van der Waals surface area contributed by atoms with Gasteiger partial charge in [-0.25, -0.2) is 9.97 Å². The van der Waals surface area contributed by atoms with Gasteiger partial charge in [-0.15, -0.1) is 0 Å². The predicted molar refractivity (Wildman–Crippen MR) is 89.8 cm³/mol. The molecule has 0 unspecified atom stereocenters. The van der Waals surface area contributed by atoms with Crippen molar-refractivity contribution in [2.75, 3.05) is 24.5 Å². The van der Waals surface area contributed by atoms with Crippen LogP contribution in [0, 0.1) is 0 Å². The van der Waals surface area contributed by atoms with Crippen LogP contribution in [0.3, 0.4) is 0 Å². The second-order valence-corrected chi connectivity index (χ2v) is 7.33. The Labute approximate surface area is 142 Å². The van der Waals surface area contributed by atoms with Crippen LogP contribution in [0.1, 0.15) is 56.7 Å². The molecule has 1 saturated carbocycles. The highest BCUT2D eigenvalue weighted by Gasteiger charge is 2.31. The summed E-state index contributed by atoms with van der Waals surface area (Å²) in [6.07, 6.45) is 7.33. The number of amides is 1. The van der Waals surface area contributed by atoms with Gasteiger partial charge in [-0.05, 0) is 38.5 Å². The van der Waals surface area contributed by atoms with Crippen LogP contribution in [0.4, 0.5) is 5.82 Å². The van der Waals surface area contributed by atoms with Crippen molar-refractivity contribution in [2.24, 2.45) is 0 Å². The summed E-state index contributed by atoms with van der Waals surface area (Å²) in [5, 5.41) is 0.547. The molecular weight excluding hydrogens is 312 g/mol. The Morgan fingerprint density at radius 2 is 1.83 bits per heavy atom. The summed E-state index contributed by atoms with van der Waals surface area (Å²) in [4.78, 5) is 25.6. The van der Waals surface area contributed by atoms with Crippen molar-refractivity contribution in [3.63, 3.8) is 0 Å². The van der Waals surface area contributed by atoms with Crippen LogP contribution in [0.2, 0.25) is 5.15 Å². The van der Waals surface area contributed by atoms with E-state index in [1.165, 1.54) is 12.8 Å². The Kier molecular flexibility index (Phi) is 4.14. The van der Waals surface area contributed by atoms with Crippen molar-refractivity contribution in [1.29, 1.82) is 0 Å². The second kappa shape index (κ2) is 6.27. The van der Waals surface area contributed by atoms with E-state index in [0.29, 0.717) is 23.0 Å². The molecule has 124 valence electrons. The molecule has 6 heteroatoms. The van der Waals surface area contributed by atoms with E-state index in [1.54, 1.807) is 0 Å². The molecule has 3 heterocycles. The Bertz CT molecular complexity index is 596. The second-order valence-electron chi connectivity index (χ2n) is 6.94. The highest BCUT2D eigenvalue weighted by molar-refractivity contribution is 6.29. The fourth-order valence-corrected chi connectivity index (χ4v) is 3.91. The van der Waals surface area contributed by atoms with E-state index in [1.807, 2.05) is 6.07 Å². The van der Waals surface area contributed by atoms with E-state index >= 15 is 0 Å². The average molecular weight is 335 g/mol. The predicted octanol–water partition coefficient (Wildman–Crippen LogP) is 2.99. The molecule has 2 aliphatic heterocycles. The molecule has 0 aromatic carbocycles. The maximum atomic E-state index is 12.1. The lowest BCUT2D eigenvalue weighted by molar-refractivity contribution is -0.136. The number of hydrogen-bond acceptors (Lipinski definition) is 4. The molecule has 2 saturated heterocycles. The van der Waals surface area contributed by atoms with Crippen LogP contribution in [0.25, 0.3) is 0 Å². The maximum absolute atomic E-state index is 12.1. The third kappa shape index (κ3) is 3.30. The van der Waals surface area contributed by atoms with Gasteiger partial charge >= 0.3 is 0 Å². The molecule has 1 aromatic heterocycles. The van der Waals surface area contributed by atoms with Gasteiger partial charge in [0.15, 0.2) is 0 Å². The molecule has 3 fully saturated rings. The van der Waals surface area contributed by atoms with Gasteiger partial charge in [-0.2, -0.15) is 0 Å². The van der Waals surface area contributed by atoms with Gasteiger partial charge in [0, 0.05) is 44.1 Å². The molecule has 0 spiro atoms. The largest absolute Gasteiger partial charge is 0.356 e. The van der Waals surface area contributed by atoms with E-state index in [-0.39, 0.29) is 0 Å². The molecule has 1 amide bonds. The topological polar surface area (TPSA) is 49.3 Å². The number of anilines is 1. The molecule has 4 rings (SSSR count). The molecule has 1 aliphatic carbocycles. The van der Waals surface area contributed by atoms with Crippen molar-refractivity contribution >= 4 is 23.3 Å². The number of piperidine rings is 2. The van der Waals surface area contributed by atoms with Crippen molar-refractivity contribution < 1.29 is 4.79 Å². The molecule has 0 radical (unpaired) electrons. The minimum atomic E-state index is 0.343. The Hall–Kier alpha value is -1.36. The highest BCUT2D eigenvalue weighted by Crippen LogP contribution is 2.39. The molecule has 0 bridgehead atoms. The molecular formula is C17H23ClN4O. The summed E-state index contributed by atoms with van der Waals surface area (Å²) in [5.41, 5.74) is 0. The van der Waals surface area contributed by atoms with Gasteiger partial charge in [-0.3, -0.25) is 4.79 Å². The summed E-state index contributed by atoms with van der Waals surface area (Å²) in [7, 11) is 0. The van der Waals surface area contributed by atoms with Gasteiger partial charge in [0.05, 0.1) is 0 Å². The highest BCUT2D eigenvalue weighted by atomic mass is 35.5. The summed E-state index contributed by atoms with van der Waals surface area (Å²) < 4.78 is 0. The van der Waals surface area contributed by atoms with Crippen LogP contribution >= 0.6 is 11.6 Å². The van der Waals surface area contributed by atoms with Crippen LogP contribution < -0.4 is 4.90 Å². The summed E-state index contributed by atoms with van der Waals surface area (Å²) >= 11 is 6.18. The molecule has 1 aromatic rings. The standard InChI is InChI=1S/C17H23ClN4O/c18-14-11-15(20-17(19-14)12-4-5-12)21-9-6-13(7-10-21)22-8-2-1-3-16(22)23/h11-13H,1-10H2. The van der Waals surface area contributed by atoms with E-state index in [0.717, 1.165) is 63.4 Å². The van der Waals surface area contributed by atoms with Crippen LogP contribution in [-0.4, -0.2) is 46.5 Å². The fourth-order valence-electron chi connectivity index (χ4n) is 3.73. The first-order valence-electron chi connectivity index (χ1n) is 8.79. The maximum Gasteiger partial charge on any atom is 0.222 e. The zero-order valence-electron chi connectivity index (χ0n) is 13.4. The normalized spacial score (nSPS) is 23.4. The monoisotopic (exact) mass is 334 g/mol. The lowest BCUT2D eigenvalue weighted by Gasteiger charge is -2.40. The molecule has 3 aliphatic rings. The third-order valence-electron chi connectivity index (χ3n) is 5.23. The Morgan fingerprint density at radius 1 is 1.04 bits per heavy atom. The number of nitrogens with zero attached hydrogens (tertiary/aromatic N) is 4. The van der Waals surface area contributed by atoms with Crippen LogP contribution in [-0.2, 0) is 4.79 Å². The lowest BCUT2D eigenvalue weighted by Crippen LogP contribution is -2.49. The fraction of sp³-hybridized carbons (Fsp3) is 0.706. The van der Waals surface area contributed by atoms with Gasteiger partial charge in [0.1, 0.15) is 16.8 Å². The minimum absolute atomic E-state index is 0.343. The van der Waals surface area contributed by atoms with Gasteiger partial charge in [-0.1, -0.05) is 11.6 Å². The molecule has 0 N–H and O–H groups in total.